The van der Waals surface area contributed by atoms with Gasteiger partial charge in [-0.1, -0.05) is 29.3 Å². The molecule has 0 atom stereocenters. The summed E-state index contributed by atoms with van der Waals surface area (Å²) in [5, 5.41) is 3.22. The van der Waals surface area contributed by atoms with Crippen LogP contribution in [0.2, 0.25) is 0 Å². The molecule has 0 radical (unpaired) electrons. The van der Waals surface area contributed by atoms with Gasteiger partial charge in [0.2, 0.25) is 0 Å². The second kappa shape index (κ2) is 3.93. The molecular weight excluding hydrogens is 190 g/mol. The Morgan fingerprint density at radius 2 is 1.86 bits per heavy atom. The van der Waals surface area contributed by atoms with E-state index in [4.69, 9.17) is 0 Å². The maximum Gasteiger partial charge on any atom is 0.0968 e. The highest BCUT2D eigenvalue weighted by molar-refractivity contribution is 7.09. The van der Waals surface area contributed by atoms with Crippen molar-refractivity contribution < 1.29 is 0 Å². The van der Waals surface area contributed by atoms with Crippen LogP contribution in [0, 0.1) is 13.8 Å². The van der Waals surface area contributed by atoms with E-state index in [2.05, 4.69) is 37.0 Å². The van der Waals surface area contributed by atoms with E-state index in [0.717, 1.165) is 6.42 Å². The molecule has 0 spiro atoms. The topological polar surface area (TPSA) is 12.9 Å². The van der Waals surface area contributed by atoms with Crippen molar-refractivity contribution in [3.63, 3.8) is 0 Å². The summed E-state index contributed by atoms with van der Waals surface area (Å²) >= 11 is 1.72. The number of hydrogen-bond donors (Lipinski definition) is 0. The number of rotatable bonds is 2. The van der Waals surface area contributed by atoms with Gasteiger partial charge in [-0.15, -0.1) is 11.3 Å². The van der Waals surface area contributed by atoms with E-state index in [0.29, 0.717) is 0 Å². The van der Waals surface area contributed by atoms with E-state index in [1.165, 1.54) is 21.7 Å². The summed E-state index contributed by atoms with van der Waals surface area (Å²) in [6.45, 7) is 4.27. The highest BCUT2D eigenvalue weighted by Gasteiger charge is 1.99. The summed E-state index contributed by atoms with van der Waals surface area (Å²) in [5.41, 5.74) is 4.02. The lowest BCUT2D eigenvalue weighted by Crippen LogP contribution is -1.89. The second-order valence-electron chi connectivity index (χ2n) is 3.60. The summed E-state index contributed by atoms with van der Waals surface area (Å²) in [6.07, 6.45) is 2.82. The Morgan fingerprint density at radius 3 is 2.43 bits per heavy atom. The molecule has 72 valence electrons. The average molecular weight is 203 g/mol. The van der Waals surface area contributed by atoms with Crippen molar-refractivity contribution in [1.29, 1.82) is 0 Å². The molecule has 1 heterocycles. The molecule has 0 unspecified atom stereocenters. The second-order valence-corrected chi connectivity index (χ2v) is 4.58. The van der Waals surface area contributed by atoms with Crippen molar-refractivity contribution in [3.05, 3.63) is 51.5 Å². The minimum absolute atomic E-state index is 0.959. The minimum Gasteiger partial charge on any atom is -0.249 e. The molecule has 1 aromatic heterocycles. The van der Waals surface area contributed by atoms with Gasteiger partial charge in [0.15, 0.2) is 0 Å². The van der Waals surface area contributed by atoms with Crippen molar-refractivity contribution in [3.8, 4) is 0 Å². The fourth-order valence-electron chi connectivity index (χ4n) is 1.69. The Kier molecular flexibility index (Phi) is 2.64. The highest BCUT2D eigenvalue weighted by Crippen LogP contribution is 2.15. The molecular formula is C12H13NS. The number of aryl methyl sites for hydroxylation is 2. The SMILES string of the molecule is Cc1cc(C)cc(Cc2nccs2)c1. The van der Waals surface area contributed by atoms with Crippen LogP contribution in [0.4, 0.5) is 0 Å². The first-order chi connectivity index (χ1) is 6.74. The van der Waals surface area contributed by atoms with Crippen LogP contribution in [-0.4, -0.2) is 4.98 Å². The van der Waals surface area contributed by atoms with E-state index in [9.17, 15) is 0 Å². The van der Waals surface area contributed by atoms with Gasteiger partial charge in [0.25, 0.3) is 0 Å². The molecule has 0 amide bonds. The van der Waals surface area contributed by atoms with Crippen LogP contribution in [0.25, 0.3) is 0 Å². The number of thiazole rings is 1. The summed E-state index contributed by atoms with van der Waals surface area (Å²) in [7, 11) is 0. The Balaban J connectivity index is 2.25. The highest BCUT2D eigenvalue weighted by atomic mass is 32.1. The quantitative estimate of drug-likeness (QED) is 0.729. The van der Waals surface area contributed by atoms with Gasteiger partial charge in [0.1, 0.15) is 0 Å². The molecule has 14 heavy (non-hydrogen) atoms. The van der Waals surface area contributed by atoms with Gasteiger partial charge in [0, 0.05) is 18.0 Å². The number of benzene rings is 1. The Bertz CT molecular complexity index is 398. The largest absolute Gasteiger partial charge is 0.249 e. The van der Waals surface area contributed by atoms with E-state index in [1.54, 1.807) is 11.3 Å². The van der Waals surface area contributed by atoms with Crippen molar-refractivity contribution in [2.45, 2.75) is 20.3 Å². The Morgan fingerprint density at radius 1 is 1.14 bits per heavy atom. The van der Waals surface area contributed by atoms with Crippen LogP contribution in [0.1, 0.15) is 21.7 Å². The number of aromatic nitrogens is 1. The fourth-order valence-corrected chi connectivity index (χ4v) is 2.34. The standard InChI is InChI=1S/C12H13NS/c1-9-5-10(2)7-11(6-9)8-12-13-3-4-14-12/h3-7H,8H2,1-2H3. The lowest BCUT2D eigenvalue weighted by Gasteiger charge is -2.02. The molecule has 2 aromatic rings. The van der Waals surface area contributed by atoms with E-state index < -0.39 is 0 Å². The number of nitrogens with zero attached hydrogens (tertiary/aromatic N) is 1. The predicted octanol–water partition coefficient (Wildman–Crippen LogP) is 3.35. The van der Waals surface area contributed by atoms with E-state index in [-0.39, 0.29) is 0 Å². The molecule has 1 nitrogen and oxygen atoms in total. The van der Waals surface area contributed by atoms with Gasteiger partial charge in [-0.3, -0.25) is 0 Å². The van der Waals surface area contributed by atoms with E-state index >= 15 is 0 Å². The third-order valence-corrected chi connectivity index (χ3v) is 2.90. The van der Waals surface area contributed by atoms with Crippen molar-refractivity contribution in [1.82, 2.24) is 4.98 Å². The van der Waals surface area contributed by atoms with Crippen molar-refractivity contribution in [2.75, 3.05) is 0 Å². The van der Waals surface area contributed by atoms with Gasteiger partial charge in [-0.25, -0.2) is 4.98 Å². The summed E-state index contributed by atoms with van der Waals surface area (Å²) in [4.78, 5) is 4.29. The van der Waals surface area contributed by atoms with Crippen LogP contribution in [0.15, 0.2) is 29.8 Å². The predicted molar refractivity (Wildman–Crippen MR) is 60.8 cm³/mol. The lowest BCUT2D eigenvalue weighted by atomic mass is 10.1. The van der Waals surface area contributed by atoms with Crippen LogP contribution < -0.4 is 0 Å². The van der Waals surface area contributed by atoms with Gasteiger partial charge in [-0.05, 0) is 19.4 Å². The third kappa shape index (κ3) is 2.20. The van der Waals surface area contributed by atoms with Crippen LogP contribution in [0.5, 0.6) is 0 Å². The van der Waals surface area contributed by atoms with Crippen LogP contribution in [-0.2, 0) is 6.42 Å². The molecule has 0 fully saturated rings. The van der Waals surface area contributed by atoms with Gasteiger partial charge >= 0.3 is 0 Å². The molecule has 2 rings (SSSR count). The summed E-state index contributed by atoms with van der Waals surface area (Å²) in [6, 6.07) is 6.66. The zero-order chi connectivity index (χ0) is 9.97. The lowest BCUT2D eigenvalue weighted by molar-refractivity contribution is 1.12. The zero-order valence-corrected chi connectivity index (χ0v) is 9.27. The third-order valence-electron chi connectivity index (χ3n) is 2.12. The first-order valence-corrected chi connectivity index (χ1v) is 5.57. The number of hydrogen-bond acceptors (Lipinski definition) is 2. The molecule has 0 aliphatic heterocycles. The van der Waals surface area contributed by atoms with E-state index in [1.807, 2.05) is 11.6 Å². The van der Waals surface area contributed by atoms with Crippen LogP contribution >= 0.6 is 11.3 Å². The molecule has 1 aromatic carbocycles. The molecule has 0 saturated carbocycles. The monoisotopic (exact) mass is 203 g/mol. The summed E-state index contributed by atoms with van der Waals surface area (Å²) < 4.78 is 0. The molecule has 0 aliphatic rings. The first kappa shape index (κ1) is 9.41. The zero-order valence-electron chi connectivity index (χ0n) is 8.45. The van der Waals surface area contributed by atoms with Gasteiger partial charge in [-0.2, -0.15) is 0 Å². The smallest absolute Gasteiger partial charge is 0.0968 e. The van der Waals surface area contributed by atoms with Crippen molar-refractivity contribution >= 4 is 11.3 Å². The maximum absolute atomic E-state index is 4.29. The minimum atomic E-state index is 0.959. The van der Waals surface area contributed by atoms with Crippen LogP contribution in [0.3, 0.4) is 0 Å². The van der Waals surface area contributed by atoms with Gasteiger partial charge in [0.05, 0.1) is 5.01 Å². The molecule has 0 saturated heterocycles. The average Bonchev–Trinajstić information content (AvgIpc) is 2.54. The molecule has 0 aliphatic carbocycles. The normalized spacial score (nSPS) is 10.4. The fraction of sp³-hybridized carbons (Fsp3) is 0.250. The van der Waals surface area contributed by atoms with Crippen molar-refractivity contribution in [2.24, 2.45) is 0 Å². The molecule has 0 N–H and O–H groups in total. The Labute approximate surface area is 88.4 Å². The summed E-state index contributed by atoms with van der Waals surface area (Å²) in [5.74, 6) is 0. The van der Waals surface area contributed by atoms with Gasteiger partial charge < -0.3 is 0 Å². The maximum atomic E-state index is 4.29. The first-order valence-electron chi connectivity index (χ1n) is 4.69. The Hall–Kier alpha value is -1.15. The molecule has 0 bridgehead atoms. The molecule has 2 heteroatoms.